The van der Waals surface area contributed by atoms with Crippen molar-refractivity contribution in [1.29, 1.82) is 0 Å². The number of ether oxygens (including phenoxy) is 2. The SMILES string of the molecule is CNC(=O)c1cc2ncc3c(c2n1[C@H]1COC2(CC2)c2cc(C(F)(F)F)cc(F)c21)COC3C. The minimum Gasteiger partial charge on any atom is -0.369 e. The second-order valence-electron chi connectivity index (χ2n) is 9.10. The number of nitrogens with zero attached hydrogens (tertiary/aromatic N) is 2. The molecule has 1 fully saturated rings. The minimum atomic E-state index is -4.69. The summed E-state index contributed by atoms with van der Waals surface area (Å²) in [7, 11) is 1.48. The van der Waals surface area contributed by atoms with E-state index < -0.39 is 35.1 Å². The molecule has 34 heavy (non-hydrogen) atoms. The molecule has 1 aliphatic carbocycles. The Bertz CT molecular complexity index is 1360. The molecule has 3 aliphatic rings. The maximum Gasteiger partial charge on any atom is 0.416 e. The van der Waals surface area contributed by atoms with Crippen LogP contribution in [0.1, 0.15) is 70.2 Å². The molecule has 1 N–H and O–H groups in total. The third-order valence-corrected chi connectivity index (χ3v) is 7.18. The van der Waals surface area contributed by atoms with Gasteiger partial charge in [0, 0.05) is 29.9 Å². The van der Waals surface area contributed by atoms with Gasteiger partial charge in [0.25, 0.3) is 5.91 Å². The molecule has 2 aromatic heterocycles. The quantitative estimate of drug-likeness (QED) is 0.544. The molecule has 3 aromatic rings. The highest BCUT2D eigenvalue weighted by molar-refractivity contribution is 5.99. The standard InChI is InChI=1S/C24H21F4N3O3/c1-11-13-8-30-17-7-18(22(32)29-2)31(21(17)14(13)9-33-11)19-10-34-23(3-4-23)15-5-12(24(26,27)28)6-16(25)20(15)19/h5-8,11,19H,3-4,9-10H2,1-2H3,(H,29,32)/t11?,19-/m0/s1. The summed E-state index contributed by atoms with van der Waals surface area (Å²) in [6.45, 7) is 2.19. The number of amides is 1. The van der Waals surface area contributed by atoms with Crippen LogP contribution in [0.2, 0.25) is 0 Å². The Morgan fingerprint density at radius 3 is 2.71 bits per heavy atom. The van der Waals surface area contributed by atoms with Crippen molar-refractivity contribution in [2.75, 3.05) is 13.7 Å². The summed E-state index contributed by atoms with van der Waals surface area (Å²) < 4.78 is 69.5. The highest BCUT2D eigenvalue weighted by Crippen LogP contribution is 2.56. The fraction of sp³-hybridized carbons (Fsp3) is 0.417. The van der Waals surface area contributed by atoms with Gasteiger partial charge in [-0.15, -0.1) is 0 Å². The van der Waals surface area contributed by atoms with E-state index in [2.05, 4.69) is 10.3 Å². The summed E-state index contributed by atoms with van der Waals surface area (Å²) in [6, 6.07) is 2.29. The maximum atomic E-state index is 15.5. The van der Waals surface area contributed by atoms with Crippen LogP contribution in [0.3, 0.4) is 0 Å². The molecule has 2 atom stereocenters. The van der Waals surface area contributed by atoms with Crippen LogP contribution in [-0.2, 0) is 27.9 Å². The Balaban J connectivity index is 1.64. The third kappa shape index (κ3) is 2.94. The molecule has 1 aromatic carbocycles. The number of hydrogen-bond donors (Lipinski definition) is 1. The lowest BCUT2D eigenvalue weighted by atomic mass is 9.89. The Labute approximate surface area is 191 Å². The van der Waals surface area contributed by atoms with E-state index in [-0.39, 0.29) is 36.1 Å². The number of aromatic nitrogens is 2. The lowest BCUT2D eigenvalue weighted by Crippen LogP contribution is -2.34. The molecular formula is C24H21F4N3O3. The number of benzene rings is 1. The first kappa shape index (κ1) is 21.5. The summed E-state index contributed by atoms with van der Waals surface area (Å²) >= 11 is 0. The van der Waals surface area contributed by atoms with E-state index in [9.17, 15) is 18.0 Å². The predicted octanol–water partition coefficient (Wildman–Crippen LogP) is 4.75. The molecule has 178 valence electrons. The fourth-order valence-electron chi connectivity index (χ4n) is 5.32. The van der Waals surface area contributed by atoms with Gasteiger partial charge >= 0.3 is 6.18 Å². The highest BCUT2D eigenvalue weighted by atomic mass is 19.4. The molecular weight excluding hydrogens is 454 g/mol. The Morgan fingerprint density at radius 1 is 1.26 bits per heavy atom. The second kappa shape index (κ2) is 7.02. The molecule has 1 unspecified atom stereocenters. The Morgan fingerprint density at radius 2 is 2.03 bits per heavy atom. The highest BCUT2D eigenvalue weighted by Gasteiger charge is 2.53. The van der Waals surface area contributed by atoms with Crippen LogP contribution in [-0.4, -0.2) is 29.1 Å². The first-order valence-electron chi connectivity index (χ1n) is 11.1. The lowest BCUT2D eigenvalue weighted by Gasteiger charge is -2.35. The summed E-state index contributed by atoms with van der Waals surface area (Å²) in [6.07, 6.45) is -2.15. The van der Waals surface area contributed by atoms with E-state index in [4.69, 9.17) is 9.47 Å². The van der Waals surface area contributed by atoms with Gasteiger partial charge in [-0.2, -0.15) is 13.2 Å². The average molecular weight is 475 g/mol. The smallest absolute Gasteiger partial charge is 0.369 e. The van der Waals surface area contributed by atoms with Crippen molar-refractivity contribution in [1.82, 2.24) is 14.9 Å². The molecule has 1 spiro atoms. The van der Waals surface area contributed by atoms with Crippen LogP contribution >= 0.6 is 0 Å². The van der Waals surface area contributed by atoms with Crippen LogP contribution < -0.4 is 5.32 Å². The van der Waals surface area contributed by atoms with Crippen LogP contribution in [0.15, 0.2) is 24.4 Å². The molecule has 1 amide bonds. The van der Waals surface area contributed by atoms with E-state index in [1.54, 1.807) is 16.8 Å². The molecule has 6 nitrogen and oxygen atoms in total. The normalized spacial score (nSPS) is 22.6. The van der Waals surface area contributed by atoms with E-state index in [0.29, 0.717) is 29.9 Å². The van der Waals surface area contributed by atoms with Gasteiger partial charge in [0.05, 0.1) is 47.6 Å². The van der Waals surface area contributed by atoms with Gasteiger partial charge in [-0.3, -0.25) is 9.78 Å². The molecule has 4 heterocycles. The Hall–Kier alpha value is -2.98. The predicted molar refractivity (Wildman–Crippen MR) is 113 cm³/mol. The number of nitrogens with one attached hydrogen (secondary N) is 1. The minimum absolute atomic E-state index is 0.0170. The summed E-state index contributed by atoms with van der Waals surface area (Å²) in [5, 5.41) is 2.59. The zero-order chi connectivity index (χ0) is 24.0. The van der Waals surface area contributed by atoms with Gasteiger partial charge in [-0.05, 0) is 43.5 Å². The van der Waals surface area contributed by atoms with Crippen LogP contribution in [0.5, 0.6) is 0 Å². The fourth-order valence-corrected chi connectivity index (χ4v) is 5.32. The number of halogens is 4. The molecule has 2 aliphatic heterocycles. The summed E-state index contributed by atoms with van der Waals surface area (Å²) in [4.78, 5) is 17.4. The second-order valence-corrected chi connectivity index (χ2v) is 9.10. The van der Waals surface area contributed by atoms with Crippen molar-refractivity contribution in [3.8, 4) is 0 Å². The van der Waals surface area contributed by atoms with E-state index in [1.165, 1.54) is 7.05 Å². The molecule has 0 saturated heterocycles. The number of carbonyl (C=O) groups excluding carboxylic acids is 1. The van der Waals surface area contributed by atoms with Crippen molar-refractivity contribution in [3.63, 3.8) is 0 Å². The molecule has 0 bridgehead atoms. The molecule has 6 rings (SSSR count). The average Bonchev–Trinajstić information content (AvgIpc) is 3.31. The zero-order valence-corrected chi connectivity index (χ0v) is 18.4. The van der Waals surface area contributed by atoms with Gasteiger partial charge in [-0.1, -0.05) is 0 Å². The zero-order valence-electron chi connectivity index (χ0n) is 18.4. The topological polar surface area (TPSA) is 65.4 Å². The maximum absolute atomic E-state index is 15.5. The number of rotatable bonds is 2. The molecule has 0 radical (unpaired) electrons. The lowest BCUT2D eigenvalue weighted by molar-refractivity contribution is -0.138. The monoisotopic (exact) mass is 475 g/mol. The van der Waals surface area contributed by atoms with Crippen molar-refractivity contribution in [3.05, 3.63) is 63.7 Å². The third-order valence-electron chi connectivity index (χ3n) is 7.18. The van der Waals surface area contributed by atoms with Crippen LogP contribution in [0.4, 0.5) is 17.6 Å². The number of carbonyl (C=O) groups is 1. The summed E-state index contributed by atoms with van der Waals surface area (Å²) in [5.74, 6) is -1.38. The number of pyridine rings is 1. The van der Waals surface area contributed by atoms with Crippen molar-refractivity contribution < 1.29 is 31.8 Å². The van der Waals surface area contributed by atoms with E-state index in [0.717, 1.165) is 17.2 Å². The van der Waals surface area contributed by atoms with Gasteiger partial charge in [-0.25, -0.2) is 4.39 Å². The first-order valence-corrected chi connectivity index (χ1v) is 11.1. The number of hydrogen-bond acceptors (Lipinski definition) is 4. The van der Waals surface area contributed by atoms with Crippen LogP contribution in [0.25, 0.3) is 11.0 Å². The van der Waals surface area contributed by atoms with Crippen molar-refractivity contribution in [2.45, 2.75) is 50.3 Å². The molecule has 10 heteroatoms. The number of fused-ring (bicyclic) bond motifs is 5. The Kier molecular flexibility index (Phi) is 4.45. The van der Waals surface area contributed by atoms with Crippen molar-refractivity contribution >= 4 is 16.9 Å². The molecule has 1 saturated carbocycles. The number of alkyl halides is 3. The van der Waals surface area contributed by atoms with Gasteiger partial charge in [0.1, 0.15) is 11.5 Å². The largest absolute Gasteiger partial charge is 0.416 e. The van der Waals surface area contributed by atoms with Gasteiger partial charge < -0.3 is 19.4 Å². The van der Waals surface area contributed by atoms with Gasteiger partial charge in [0.2, 0.25) is 0 Å². The van der Waals surface area contributed by atoms with Crippen LogP contribution in [0, 0.1) is 5.82 Å². The van der Waals surface area contributed by atoms with E-state index >= 15 is 4.39 Å². The summed E-state index contributed by atoms with van der Waals surface area (Å²) in [5.41, 5.74) is 1.40. The first-order chi connectivity index (χ1) is 16.1. The van der Waals surface area contributed by atoms with Crippen molar-refractivity contribution in [2.24, 2.45) is 0 Å². The van der Waals surface area contributed by atoms with Gasteiger partial charge in [0.15, 0.2) is 0 Å². The van der Waals surface area contributed by atoms with E-state index in [1.807, 2.05) is 6.92 Å².